The number of carboxylic acids is 1. The maximum atomic E-state index is 10.5. The van der Waals surface area contributed by atoms with Gasteiger partial charge in [-0.1, -0.05) is 23.2 Å². The predicted molar refractivity (Wildman–Crippen MR) is 82.8 cm³/mol. The van der Waals surface area contributed by atoms with Crippen LogP contribution in [-0.4, -0.2) is 47.1 Å². The average molecular weight is 332 g/mol. The van der Waals surface area contributed by atoms with Crippen molar-refractivity contribution in [2.24, 2.45) is 5.92 Å². The number of carboxylic acid groups (broad SMARTS) is 1. The molecule has 0 spiro atoms. The summed E-state index contributed by atoms with van der Waals surface area (Å²) in [5.41, 5.74) is 0.795. The van der Waals surface area contributed by atoms with E-state index >= 15 is 0 Å². The molecule has 5 nitrogen and oxygen atoms in total. The van der Waals surface area contributed by atoms with Crippen LogP contribution in [0.25, 0.3) is 0 Å². The van der Waals surface area contributed by atoms with Crippen molar-refractivity contribution in [2.45, 2.75) is 19.4 Å². The Labute approximate surface area is 134 Å². The van der Waals surface area contributed by atoms with Gasteiger partial charge in [0.05, 0.1) is 17.3 Å². The molecule has 2 N–H and O–H groups in total. The van der Waals surface area contributed by atoms with E-state index in [9.17, 15) is 4.79 Å². The first-order valence-corrected chi connectivity index (χ1v) is 7.76. The van der Waals surface area contributed by atoms with E-state index in [1.807, 2.05) is 0 Å². The van der Waals surface area contributed by atoms with Crippen LogP contribution in [0, 0.1) is 5.92 Å². The van der Waals surface area contributed by atoms with Gasteiger partial charge in [0.25, 0.3) is 0 Å². The Morgan fingerprint density at radius 3 is 3.05 bits per heavy atom. The lowest BCUT2D eigenvalue weighted by atomic mass is 9.98. The minimum atomic E-state index is -0.822. The topological polar surface area (TPSA) is 65.5 Å². The Bertz CT molecular complexity index is 499. The van der Waals surface area contributed by atoms with E-state index in [1.165, 1.54) is 0 Å². The van der Waals surface area contributed by atoms with Crippen LogP contribution in [0.2, 0.25) is 10.2 Å². The first-order chi connectivity index (χ1) is 10.0. The molecule has 0 saturated carbocycles. The number of aliphatic carboxylic acids is 1. The van der Waals surface area contributed by atoms with Crippen LogP contribution in [0.3, 0.4) is 0 Å². The lowest BCUT2D eigenvalue weighted by Crippen LogP contribution is -2.40. The summed E-state index contributed by atoms with van der Waals surface area (Å²) in [4.78, 5) is 17.1. The number of rotatable bonds is 6. The molecule has 1 saturated heterocycles. The van der Waals surface area contributed by atoms with Crippen LogP contribution in [0.15, 0.2) is 12.1 Å². The molecule has 0 bridgehead atoms. The minimum Gasteiger partial charge on any atom is -0.480 e. The first-order valence-electron chi connectivity index (χ1n) is 7.00. The molecule has 2 rings (SSSR count). The molecule has 2 heterocycles. The Kier molecular flexibility index (Phi) is 6.23. The molecule has 0 aromatic carbocycles. The lowest BCUT2D eigenvalue weighted by molar-refractivity contribution is -0.136. The maximum Gasteiger partial charge on any atom is 0.317 e. The molecule has 7 heteroatoms. The van der Waals surface area contributed by atoms with Gasteiger partial charge in [0, 0.05) is 13.1 Å². The molecule has 1 atom stereocenters. The summed E-state index contributed by atoms with van der Waals surface area (Å²) in [6.45, 7) is 3.32. The minimum absolute atomic E-state index is 0.0121. The fraction of sp³-hybridized carbons (Fsp3) is 0.571. The van der Waals surface area contributed by atoms with E-state index < -0.39 is 5.97 Å². The molecule has 0 radical (unpaired) electrons. The molecule has 1 aliphatic rings. The van der Waals surface area contributed by atoms with Crippen LogP contribution >= 0.6 is 23.2 Å². The molecule has 1 aromatic heterocycles. The van der Waals surface area contributed by atoms with Gasteiger partial charge in [0.15, 0.2) is 0 Å². The Morgan fingerprint density at radius 1 is 1.48 bits per heavy atom. The monoisotopic (exact) mass is 331 g/mol. The highest BCUT2D eigenvalue weighted by molar-refractivity contribution is 6.32. The first kappa shape index (κ1) is 16.5. The smallest absolute Gasteiger partial charge is 0.317 e. The number of carbonyl (C=O) groups is 1. The molecule has 1 aliphatic heterocycles. The quantitative estimate of drug-likeness (QED) is 0.783. The van der Waals surface area contributed by atoms with Gasteiger partial charge in [-0.2, -0.15) is 0 Å². The van der Waals surface area contributed by atoms with Gasteiger partial charge in [0.1, 0.15) is 5.15 Å². The van der Waals surface area contributed by atoms with Crippen LogP contribution in [0.1, 0.15) is 18.5 Å². The summed E-state index contributed by atoms with van der Waals surface area (Å²) in [7, 11) is 0. The summed E-state index contributed by atoms with van der Waals surface area (Å²) in [5, 5.41) is 12.7. The zero-order valence-electron chi connectivity index (χ0n) is 11.7. The normalized spacial score (nSPS) is 19.6. The fourth-order valence-corrected chi connectivity index (χ4v) is 2.96. The predicted octanol–water partition coefficient (Wildman–Crippen LogP) is 2.27. The SMILES string of the molecule is O=C(O)CNCC1CCCN(Cc2nc(Cl)ccc2Cl)C1. The third kappa shape index (κ3) is 5.43. The lowest BCUT2D eigenvalue weighted by Gasteiger charge is -2.32. The van der Waals surface area contributed by atoms with E-state index in [0.717, 1.165) is 38.2 Å². The molecule has 116 valence electrons. The molecule has 1 unspecified atom stereocenters. The molecule has 1 fully saturated rings. The van der Waals surface area contributed by atoms with Crippen molar-refractivity contribution < 1.29 is 9.90 Å². The summed E-state index contributed by atoms with van der Waals surface area (Å²) in [5.74, 6) is -0.367. The number of hydrogen-bond acceptors (Lipinski definition) is 4. The second-order valence-corrected chi connectivity index (χ2v) is 6.12. The summed E-state index contributed by atoms with van der Waals surface area (Å²) in [6, 6.07) is 3.45. The van der Waals surface area contributed by atoms with Crippen molar-refractivity contribution in [3.63, 3.8) is 0 Å². The number of aromatic nitrogens is 1. The van der Waals surface area contributed by atoms with Gasteiger partial charge >= 0.3 is 5.97 Å². The number of hydrogen-bond donors (Lipinski definition) is 2. The summed E-state index contributed by atoms with van der Waals surface area (Å²) in [6.07, 6.45) is 2.21. The van der Waals surface area contributed by atoms with Gasteiger partial charge < -0.3 is 10.4 Å². The molecule has 0 aliphatic carbocycles. The number of pyridine rings is 1. The average Bonchev–Trinajstić information content (AvgIpc) is 2.43. The second-order valence-electron chi connectivity index (χ2n) is 5.33. The van der Waals surface area contributed by atoms with Gasteiger partial charge in [-0.05, 0) is 44.0 Å². The van der Waals surface area contributed by atoms with Gasteiger partial charge in [0.2, 0.25) is 0 Å². The molecule has 1 aromatic rings. The van der Waals surface area contributed by atoms with Crippen molar-refractivity contribution in [3.05, 3.63) is 28.0 Å². The fourth-order valence-electron chi connectivity index (χ4n) is 2.63. The molecular weight excluding hydrogens is 313 g/mol. The third-order valence-electron chi connectivity index (χ3n) is 3.57. The molecular formula is C14H19Cl2N3O2. The number of piperidine rings is 1. The molecule has 0 amide bonds. The van der Waals surface area contributed by atoms with E-state index in [4.69, 9.17) is 28.3 Å². The van der Waals surface area contributed by atoms with E-state index in [1.54, 1.807) is 12.1 Å². The zero-order valence-corrected chi connectivity index (χ0v) is 13.2. The van der Waals surface area contributed by atoms with Gasteiger partial charge in [-0.15, -0.1) is 0 Å². The highest BCUT2D eigenvalue weighted by Crippen LogP contribution is 2.22. The summed E-state index contributed by atoms with van der Waals surface area (Å²) >= 11 is 12.1. The zero-order chi connectivity index (χ0) is 15.2. The van der Waals surface area contributed by atoms with Crippen molar-refractivity contribution in [1.82, 2.24) is 15.2 Å². The van der Waals surface area contributed by atoms with Crippen LogP contribution in [0.4, 0.5) is 0 Å². The van der Waals surface area contributed by atoms with Crippen LogP contribution in [0.5, 0.6) is 0 Å². The number of halogens is 2. The Morgan fingerprint density at radius 2 is 2.29 bits per heavy atom. The highest BCUT2D eigenvalue weighted by atomic mass is 35.5. The number of nitrogens with zero attached hydrogens (tertiary/aromatic N) is 2. The van der Waals surface area contributed by atoms with Gasteiger partial charge in [-0.25, -0.2) is 4.98 Å². The van der Waals surface area contributed by atoms with Crippen molar-refractivity contribution >= 4 is 29.2 Å². The second kappa shape index (κ2) is 7.94. The van der Waals surface area contributed by atoms with Crippen molar-refractivity contribution in [3.8, 4) is 0 Å². The number of likely N-dealkylation sites (tertiary alicyclic amines) is 1. The Hall–Kier alpha value is -0.880. The van der Waals surface area contributed by atoms with E-state index in [0.29, 0.717) is 22.6 Å². The van der Waals surface area contributed by atoms with Gasteiger partial charge in [-0.3, -0.25) is 9.69 Å². The third-order valence-corrected chi connectivity index (χ3v) is 4.13. The number of nitrogens with one attached hydrogen (secondary N) is 1. The maximum absolute atomic E-state index is 10.5. The summed E-state index contributed by atoms with van der Waals surface area (Å²) < 4.78 is 0. The molecule has 21 heavy (non-hydrogen) atoms. The highest BCUT2D eigenvalue weighted by Gasteiger charge is 2.21. The van der Waals surface area contributed by atoms with Crippen molar-refractivity contribution in [1.29, 1.82) is 0 Å². The van der Waals surface area contributed by atoms with Crippen molar-refractivity contribution in [2.75, 3.05) is 26.2 Å². The van der Waals surface area contributed by atoms with Crippen LogP contribution < -0.4 is 5.32 Å². The van der Waals surface area contributed by atoms with E-state index in [-0.39, 0.29) is 6.54 Å². The standard InChI is InChI=1S/C14H19Cl2N3O2/c15-11-3-4-13(16)18-12(11)9-19-5-1-2-10(8-19)6-17-7-14(20)21/h3-4,10,17H,1-2,5-9H2,(H,20,21). The van der Waals surface area contributed by atoms with E-state index in [2.05, 4.69) is 15.2 Å². The van der Waals surface area contributed by atoms with Crippen LogP contribution in [-0.2, 0) is 11.3 Å². The Balaban J connectivity index is 1.86. The largest absolute Gasteiger partial charge is 0.480 e.